The van der Waals surface area contributed by atoms with Crippen molar-refractivity contribution in [2.45, 2.75) is 50.9 Å². The van der Waals surface area contributed by atoms with E-state index >= 15 is 0 Å². The summed E-state index contributed by atoms with van der Waals surface area (Å²) in [4.78, 5) is 5.59. The molecule has 0 bridgehead atoms. The molecule has 0 saturated heterocycles. The summed E-state index contributed by atoms with van der Waals surface area (Å²) in [5.41, 5.74) is 14.0. The standard InChI is InChI=1S/C47H39N3/c1-46(2)35-24-14-12-22-33(35)39-37(46)26-29-18-8-10-20-31(29)41(39)44-48-43(28-16-6-5-7-17-28)49-45(50-44)42-32-21-11-9-19-30(32)27-38-40(42)34-23-13-15-25-36(34)47(38,3)4/h5-27,43-44,48H,1-4H3,(H,49,50). The molecule has 2 unspecified atom stereocenters. The van der Waals surface area contributed by atoms with Crippen LogP contribution in [0.5, 0.6) is 0 Å². The van der Waals surface area contributed by atoms with Gasteiger partial charge in [-0.15, -0.1) is 0 Å². The van der Waals surface area contributed by atoms with Gasteiger partial charge in [0, 0.05) is 22.0 Å². The zero-order valence-corrected chi connectivity index (χ0v) is 28.9. The highest BCUT2D eigenvalue weighted by Gasteiger charge is 2.42. The van der Waals surface area contributed by atoms with Crippen LogP contribution in [0.25, 0.3) is 43.8 Å². The minimum absolute atomic E-state index is 0.124. The van der Waals surface area contributed by atoms with Gasteiger partial charge in [0.15, 0.2) is 0 Å². The summed E-state index contributed by atoms with van der Waals surface area (Å²) in [6.07, 6.45) is -0.468. The van der Waals surface area contributed by atoms with Gasteiger partial charge in [-0.1, -0.05) is 155 Å². The number of rotatable bonds is 3. The monoisotopic (exact) mass is 645 g/mol. The summed E-state index contributed by atoms with van der Waals surface area (Å²) in [7, 11) is 0. The lowest BCUT2D eigenvalue weighted by molar-refractivity contribution is 0.411. The average molecular weight is 646 g/mol. The third-order valence-electron chi connectivity index (χ3n) is 11.7. The maximum Gasteiger partial charge on any atom is 0.133 e. The first-order chi connectivity index (χ1) is 24.3. The highest BCUT2D eigenvalue weighted by molar-refractivity contribution is 6.17. The molecule has 0 amide bonds. The van der Waals surface area contributed by atoms with E-state index in [4.69, 9.17) is 4.99 Å². The third kappa shape index (κ3) is 4.04. The van der Waals surface area contributed by atoms with E-state index < -0.39 is 0 Å². The molecule has 0 fully saturated rings. The average Bonchev–Trinajstić information content (AvgIpc) is 3.52. The predicted molar refractivity (Wildman–Crippen MR) is 208 cm³/mol. The molecule has 2 N–H and O–H groups in total. The summed E-state index contributed by atoms with van der Waals surface area (Å²) >= 11 is 0. The molecular formula is C47H39N3. The molecule has 1 heterocycles. The molecule has 3 aliphatic rings. The summed E-state index contributed by atoms with van der Waals surface area (Å²) < 4.78 is 0. The molecule has 3 heteroatoms. The van der Waals surface area contributed by atoms with Crippen LogP contribution in [-0.4, -0.2) is 5.84 Å². The molecule has 3 nitrogen and oxygen atoms in total. The van der Waals surface area contributed by atoms with Crippen LogP contribution in [0, 0.1) is 0 Å². The molecule has 0 radical (unpaired) electrons. The molecule has 0 saturated carbocycles. The Balaban J connectivity index is 1.27. The number of amidine groups is 1. The molecule has 0 aromatic heterocycles. The van der Waals surface area contributed by atoms with Crippen molar-refractivity contribution in [3.8, 4) is 22.3 Å². The number of nitrogens with one attached hydrogen (secondary N) is 2. The van der Waals surface area contributed by atoms with Crippen molar-refractivity contribution in [2.24, 2.45) is 4.99 Å². The lowest BCUT2D eigenvalue weighted by Crippen LogP contribution is -2.45. The lowest BCUT2D eigenvalue weighted by Gasteiger charge is -2.35. The number of benzene rings is 7. The van der Waals surface area contributed by atoms with E-state index in [1.165, 1.54) is 77.2 Å². The van der Waals surface area contributed by atoms with E-state index in [0.29, 0.717) is 0 Å². The number of fused-ring (bicyclic) bond motifs is 8. The molecule has 7 aromatic rings. The van der Waals surface area contributed by atoms with Crippen molar-refractivity contribution in [2.75, 3.05) is 0 Å². The van der Waals surface area contributed by atoms with Crippen molar-refractivity contribution >= 4 is 27.4 Å². The van der Waals surface area contributed by atoms with Crippen molar-refractivity contribution in [3.63, 3.8) is 0 Å². The van der Waals surface area contributed by atoms with Gasteiger partial charge in [-0.2, -0.15) is 0 Å². The predicted octanol–water partition coefficient (Wildman–Crippen LogP) is 10.9. The Bertz CT molecular complexity index is 2560. The first kappa shape index (κ1) is 29.4. The van der Waals surface area contributed by atoms with Crippen molar-refractivity contribution in [1.29, 1.82) is 0 Å². The molecule has 0 spiro atoms. The molecule has 50 heavy (non-hydrogen) atoms. The SMILES string of the molecule is CC1(C)c2ccccc2-c2c1cc1ccccc1c2C1=NC(c2ccccc2)NC(c2c3c(cc4ccccc24)C(C)(C)c2ccccc2-3)N1. The normalized spacial score (nSPS) is 19.3. The van der Waals surface area contributed by atoms with E-state index in [0.717, 1.165) is 11.4 Å². The summed E-state index contributed by atoms with van der Waals surface area (Å²) in [5.74, 6) is 0.926. The number of aliphatic imine (C=N–C) groups is 1. The van der Waals surface area contributed by atoms with E-state index in [9.17, 15) is 0 Å². The summed E-state index contributed by atoms with van der Waals surface area (Å²) in [6.45, 7) is 9.47. The van der Waals surface area contributed by atoms with Crippen LogP contribution >= 0.6 is 0 Å². The number of nitrogens with zero attached hydrogens (tertiary/aromatic N) is 1. The molecule has 10 rings (SSSR count). The minimum atomic E-state index is -0.254. The largest absolute Gasteiger partial charge is 0.350 e. The van der Waals surface area contributed by atoms with Gasteiger partial charge in [-0.25, -0.2) is 4.99 Å². The fourth-order valence-corrected chi connectivity index (χ4v) is 9.25. The quantitative estimate of drug-likeness (QED) is 0.201. The van der Waals surface area contributed by atoms with E-state index in [2.05, 4.69) is 178 Å². The van der Waals surface area contributed by atoms with Gasteiger partial charge in [0.1, 0.15) is 18.2 Å². The Morgan fingerprint density at radius 3 is 1.70 bits per heavy atom. The fourth-order valence-electron chi connectivity index (χ4n) is 9.25. The van der Waals surface area contributed by atoms with Crippen LogP contribution in [0.2, 0.25) is 0 Å². The summed E-state index contributed by atoms with van der Waals surface area (Å²) in [6, 6.07) is 51.2. The Morgan fingerprint density at radius 1 is 0.500 bits per heavy atom. The van der Waals surface area contributed by atoms with Crippen LogP contribution in [0.1, 0.15) is 79.0 Å². The molecular weight excluding hydrogens is 607 g/mol. The Hall–Kier alpha value is -5.51. The zero-order valence-electron chi connectivity index (χ0n) is 28.9. The van der Waals surface area contributed by atoms with Crippen molar-refractivity contribution < 1.29 is 0 Å². The maximum absolute atomic E-state index is 5.59. The van der Waals surface area contributed by atoms with E-state index in [1.54, 1.807) is 0 Å². The highest BCUT2D eigenvalue weighted by atomic mass is 15.3. The van der Waals surface area contributed by atoms with Gasteiger partial charge in [-0.3, -0.25) is 5.32 Å². The van der Waals surface area contributed by atoms with Crippen LogP contribution in [0.3, 0.4) is 0 Å². The van der Waals surface area contributed by atoms with Crippen LogP contribution in [-0.2, 0) is 10.8 Å². The first-order valence-corrected chi connectivity index (χ1v) is 17.8. The third-order valence-corrected chi connectivity index (χ3v) is 11.7. The Labute approximate surface area is 293 Å². The van der Waals surface area contributed by atoms with Gasteiger partial charge in [-0.05, 0) is 83.7 Å². The van der Waals surface area contributed by atoms with E-state index in [-0.39, 0.29) is 23.2 Å². The molecule has 2 aliphatic carbocycles. The Morgan fingerprint density at radius 2 is 1.02 bits per heavy atom. The minimum Gasteiger partial charge on any atom is -0.350 e. The second-order valence-electron chi connectivity index (χ2n) is 15.2. The Kier molecular flexibility index (Phi) is 6.17. The molecule has 7 aromatic carbocycles. The van der Waals surface area contributed by atoms with Gasteiger partial charge >= 0.3 is 0 Å². The van der Waals surface area contributed by atoms with Crippen LogP contribution in [0.15, 0.2) is 145 Å². The highest BCUT2D eigenvalue weighted by Crippen LogP contribution is 2.54. The number of hydrogen-bond donors (Lipinski definition) is 2. The van der Waals surface area contributed by atoms with Crippen LogP contribution in [0.4, 0.5) is 0 Å². The van der Waals surface area contributed by atoms with Crippen molar-refractivity contribution in [1.82, 2.24) is 10.6 Å². The summed E-state index contributed by atoms with van der Waals surface area (Å²) in [5, 5.41) is 13.1. The first-order valence-electron chi connectivity index (χ1n) is 17.8. The van der Waals surface area contributed by atoms with Gasteiger partial charge < -0.3 is 5.32 Å². The number of hydrogen-bond acceptors (Lipinski definition) is 3. The lowest BCUT2D eigenvalue weighted by atomic mass is 9.80. The maximum atomic E-state index is 5.59. The van der Waals surface area contributed by atoms with Gasteiger partial charge in [0.05, 0.1) is 0 Å². The smallest absolute Gasteiger partial charge is 0.133 e. The topological polar surface area (TPSA) is 36.4 Å². The van der Waals surface area contributed by atoms with Gasteiger partial charge in [0.25, 0.3) is 0 Å². The molecule has 1 aliphatic heterocycles. The van der Waals surface area contributed by atoms with E-state index in [1.807, 2.05) is 0 Å². The zero-order chi connectivity index (χ0) is 33.8. The van der Waals surface area contributed by atoms with Crippen molar-refractivity contribution in [3.05, 3.63) is 178 Å². The van der Waals surface area contributed by atoms with Gasteiger partial charge in [0.2, 0.25) is 0 Å². The molecule has 242 valence electrons. The molecule has 2 atom stereocenters. The second-order valence-corrected chi connectivity index (χ2v) is 15.2. The van der Waals surface area contributed by atoms with Crippen LogP contribution < -0.4 is 10.6 Å². The second kappa shape index (κ2) is 10.5. The fraction of sp³-hybridized carbons (Fsp3) is 0.170.